The number of alkyl halides is 3. The van der Waals surface area contributed by atoms with Crippen LogP contribution in [0.15, 0.2) is 54.6 Å². The molecule has 172 valence electrons. The molecule has 0 aromatic heterocycles. The fourth-order valence-electron chi connectivity index (χ4n) is 2.92. The van der Waals surface area contributed by atoms with Crippen LogP contribution in [0.25, 0.3) is 0 Å². The van der Waals surface area contributed by atoms with Crippen LogP contribution in [0, 0.1) is 0 Å². The summed E-state index contributed by atoms with van der Waals surface area (Å²) < 4.78 is 43.1. The Kier molecular flexibility index (Phi) is 7.66. The highest BCUT2D eigenvalue weighted by Gasteiger charge is 2.38. The van der Waals surface area contributed by atoms with E-state index in [0.29, 0.717) is 0 Å². The number of carbonyl (C=O) groups is 3. The van der Waals surface area contributed by atoms with E-state index in [0.717, 1.165) is 34.7 Å². The van der Waals surface area contributed by atoms with Crippen molar-refractivity contribution >= 4 is 17.8 Å². The van der Waals surface area contributed by atoms with Crippen LogP contribution in [-0.4, -0.2) is 48.4 Å². The molecule has 2 aromatic carbocycles. The van der Waals surface area contributed by atoms with Crippen molar-refractivity contribution < 1.29 is 32.3 Å². The second-order valence-electron chi connectivity index (χ2n) is 7.74. The number of esters is 1. The minimum Gasteiger partial charge on any atom is -0.467 e. The molecule has 0 heterocycles. The van der Waals surface area contributed by atoms with Gasteiger partial charge >= 0.3 is 12.1 Å². The molecule has 0 unspecified atom stereocenters. The molecule has 0 aliphatic carbocycles. The molecule has 2 rings (SSSR count). The first-order valence-electron chi connectivity index (χ1n) is 9.76. The smallest absolute Gasteiger partial charge is 0.416 e. The van der Waals surface area contributed by atoms with Gasteiger partial charge in [-0.3, -0.25) is 9.59 Å². The van der Waals surface area contributed by atoms with Gasteiger partial charge < -0.3 is 15.0 Å². The van der Waals surface area contributed by atoms with Crippen molar-refractivity contribution in [2.75, 3.05) is 14.2 Å². The Morgan fingerprint density at radius 1 is 1.00 bits per heavy atom. The van der Waals surface area contributed by atoms with Crippen molar-refractivity contribution in [2.24, 2.45) is 0 Å². The zero-order valence-corrected chi connectivity index (χ0v) is 18.2. The lowest BCUT2D eigenvalue weighted by atomic mass is 9.98. The molecule has 32 heavy (non-hydrogen) atoms. The van der Waals surface area contributed by atoms with E-state index in [4.69, 9.17) is 4.74 Å². The van der Waals surface area contributed by atoms with Gasteiger partial charge in [-0.05, 0) is 43.7 Å². The Morgan fingerprint density at radius 3 is 2.06 bits per heavy atom. The maximum absolute atomic E-state index is 13.0. The number of hydrogen-bond donors (Lipinski definition) is 1. The second kappa shape index (κ2) is 9.84. The zero-order chi connectivity index (χ0) is 24.1. The lowest BCUT2D eigenvalue weighted by Gasteiger charge is -2.35. The number of rotatable bonds is 7. The Labute approximate surface area is 184 Å². The predicted octanol–water partition coefficient (Wildman–Crippen LogP) is 3.46. The molecule has 9 heteroatoms. The van der Waals surface area contributed by atoms with Gasteiger partial charge in [0.1, 0.15) is 11.6 Å². The summed E-state index contributed by atoms with van der Waals surface area (Å²) >= 11 is 0. The van der Waals surface area contributed by atoms with Crippen LogP contribution in [-0.2, 0) is 26.9 Å². The van der Waals surface area contributed by atoms with E-state index in [9.17, 15) is 27.6 Å². The molecule has 0 aliphatic rings. The Morgan fingerprint density at radius 2 is 1.56 bits per heavy atom. The van der Waals surface area contributed by atoms with Crippen molar-refractivity contribution in [3.8, 4) is 0 Å². The molecular formula is C23H25F3N2O4. The first-order valence-corrected chi connectivity index (χ1v) is 9.76. The van der Waals surface area contributed by atoms with Gasteiger partial charge in [0.15, 0.2) is 0 Å². The monoisotopic (exact) mass is 450 g/mol. The van der Waals surface area contributed by atoms with Gasteiger partial charge in [-0.2, -0.15) is 13.2 Å². The quantitative estimate of drug-likeness (QED) is 0.656. The number of halogens is 3. The molecule has 6 nitrogen and oxygen atoms in total. The number of nitrogens with one attached hydrogen (secondary N) is 1. The normalized spacial score (nSPS) is 12.6. The minimum atomic E-state index is -4.52. The lowest BCUT2D eigenvalue weighted by Crippen LogP contribution is -2.58. The first kappa shape index (κ1) is 24.9. The maximum Gasteiger partial charge on any atom is 0.416 e. The second-order valence-corrected chi connectivity index (χ2v) is 7.74. The number of benzene rings is 2. The molecule has 0 radical (unpaired) electrons. The maximum atomic E-state index is 13.0. The van der Waals surface area contributed by atoms with E-state index in [2.05, 4.69) is 5.32 Å². The average molecular weight is 450 g/mol. The number of hydrogen-bond acceptors (Lipinski definition) is 4. The fraction of sp³-hybridized carbons (Fsp3) is 0.348. The number of methoxy groups -OCH3 is 1. The Hall–Kier alpha value is -3.36. The van der Waals surface area contributed by atoms with Crippen LogP contribution in [0.4, 0.5) is 13.2 Å². The number of amides is 2. The third-order valence-electron chi connectivity index (χ3n) is 5.23. The van der Waals surface area contributed by atoms with Crippen LogP contribution in [0.3, 0.4) is 0 Å². The van der Waals surface area contributed by atoms with Crippen LogP contribution in [0.5, 0.6) is 0 Å². The molecule has 1 atom stereocenters. The Bertz CT molecular complexity index is 957. The van der Waals surface area contributed by atoms with Crippen molar-refractivity contribution in [2.45, 2.75) is 38.0 Å². The van der Waals surface area contributed by atoms with E-state index in [1.165, 1.54) is 28.0 Å². The van der Waals surface area contributed by atoms with Crippen LogP contribution in [0.2, 0.25) is 0 Å². The number of nitrogens with zero attached hydrogens (tertiary/aromatic N) is 1. The van der Waals surface area contributed by atoms with E-state index in [1.54, 1.807) is 24.3 Å². The molecule has 2 amide bonds. The van der Waals surface area contributed by atoms with Crippen molar-refractivity contribution in [1.82, 2.24) is 10.2 Å². The van der Waals surface area contributed by atoms with Crippen LogP contribution >= 0.6 is 0 Å². The molecule has 1 N–H and O–H groups in total. The van der Waals surface area contributed by atoms with Gasteiger partial charge in [-0.15, -0.1) is 0 Å². The molecular weight excluding hydrogens is 425 g/mol. The van der Waals surface area contributed by atoms with Crippen molar-refractivity contribution in [3.63, 3.8) is 0 Å². The van der Waals surface area contributed by atoms with Crippen molar-refractivity contribution in [3.05, 3.63) is 71.3 Å². The van der Waals surface area contributed by atoms with E-state index in [1.807, 2.05) is 6.07 Å². The average Bonchev–Trinajstić information content (AvgIpc) is 2.77. The van der Waals surface area contributed by atoms with Gasteiger partial charge in [-0.25, -0.2) is 4.79 Å². The fourth-order valence-corrected chi connectivity index (χ4v) is 2.92. The molecule has 0 fully saturated rings. The SMILES string of the molecule is COC(=O)[C@H](Cc1ccccc1)NC(=O)C(C)(C)N(C)C(=O)c1ccc(C(F)(F)F)cc1. The zero-order valence-electron chi connectivity index (χ0n) is 18.2. The summed E-state index contributed by atoms with van der Waals surface area (Å²) in [6, 6.07) is 11.8. The highest BCUT2D eigenvalue weighted by atomic mass is 19.4. The molecule has 0 saturated carbocycles. The van der Waals surface area contributed by atoms with Crippen LogP contribution in [0.1, 0.15) is 35.3 Å². The van der Waals surface area contributed by atoms with Gasteiger partial charge in [0.05, 0.1) is 12.7 Å². The lowest BCUT2D eigenvalue weighted by molar-refractivity contribution is -0.146. The Balaban J connectivity index is 2.17. The number of likely N-dealkylation sites (N-methyl/N-ethyl adjacent to an activating group) is 1. The molecule has 0 bridgehead atoms. The molecule has 0 spiro atoms. The minimum absolute atomic E-state index is 0.00446. The van der Waals surface area contributed by atoms with Gasteiger partial charge in [-0.1, -0.05) is 30.3 Å². The molecule has 0 aliphatic heterocycles. The highest BCUT2D eigenvalue weighted by Crippen LogP contribution is 2.29. The number of ether oxygens (including phenoxy) is 1. The van der Waals surface area contributed by atoms with E-state index >= 15 is 0 Å². The third-order valence-corrected chi connectivity index (χ3v) is 5.23. The third kappa shape index (κ3) is 5.87. The summed E-state index contributed by atoms with van der Waals surface area (Å²) in [6.45, 7) is 2.95. The largest absolute Gasteiger partial charge is 0.467 e. The number of carbonyl (C=O) groups excluding carboxylic acids is 3. The summed E-state index contributed by atoms with van der Waals surface area (Å²) in [5.74, 6) is -1.90. The summed E-state index contributed by atoms with van der Waals surface area (Å²) in [6.07, 6.45) is -4.33. The summed E-state index contributed by atoms with van der Waals surface area (Å²) in [5, 5.41) is 2.62. The van der Waals surface area contributed by atoms with Crippen LogP contribution < -0.4 is 5.32 Å². The van der Waals surface area contributed by atoms with E-state index < -0.39 is 41.1 Å². The molecule has 0 saturated heterocycles. The summed E-state index contributed by atoms with van der Waals surface area (Å²) in [5.41, 5.74) is -1.50. The van der Waals surface area contributed by atoms with Gasteiger partial charge in [0, 0.05) is 19.0 Å². The summed E-state index contributed by atoms with van der Waals surface area (Å²) in [7, 11) is 2.57. The first-order chi connectivity index (χ1) is 14.9. The van der Waals surface area contributed by atoms with Gasteiger partial charge in [0.25, 0.3) is 5.91 Å². The highest BCUT2D eigenvalue weighted by molar-refractivity contribution is 5.99. The molecule has 2 aromatic rings. The van der Waals surface area contributed by atoms with Crippen molar-refractivity contribution in [1.29, 1.82) is 0 Å². The topological polar surface area (TPSA) is 75.7 Å². The summed E-state index contributed by atoms with van der Waals surface area (Å²) in [4.78, 5) is 39.1. The van der Waals surface area contributed by atoms with E-state index in [-0.39, 0.29) is 12.0 Å². The van der Waals surface area contributed by atoms with Gasteiger partial charge in [0.2, 0.25) is 5.91 Å². The predicted molar refractivity (Wildman–Crippen MR) is 112 cm³/mol. The standard InChI is InChI=1S/C23H25F3N2O4/c1-22(2,28(3)19(29)16-10-12-17(13-11-16)23(24,25)26)21(31)27-18(20(30)32-4)14-15-8-6-5-7-9-15/h5-13,18H,14H2,1-4H3,(H,27,31)/t18-/m0/s1.